The number of thiophene rings is 1. The minimum absolute atomic E-state index is 0.274. The maximum absolute atomic E-state index is 11.7. The largest absolute Gasteiger partial charge is 0.465 e. The van der Waals surface area contributed by atoms with Crippen molar-refractivity contribution in [3.05, 3.63) is 40.3 Å². The van der Waals surface area contributed by atoms with Crippen LogP contribution in [0.5, 0.6) is 0 Å². The van der Waals surface area contributed by atoms with Crippen LogP contribution in [0.4, 0.5) is 5.00 Å². The van der Waals surface area contributed by atoms with E-state index >= 15 is 0 Å². The number of ether oxygens (including phenoxy) is 1. The summed E-state index contributed by atoms with van der Waals surface area (Å²) in [4.78, 5) is 24.4. The quantitative estimate of drug-likeness (QED) is 0.523. The summed E-state index contributed by atoms with van der Waals surface area (Å²) in [6.45, 7) is 5.60. The molecule has 0 unspecified atom stereocenters. The predicted octanol–water partition coefficient (Wildman–Crippen LogP) is 3.22. The molecule has 19 heavy (non-hydrogen) atoms. The number of rotatable bonds is 4. The van der Waals surface area contributed by atoms with Crippen molar-refractivity contribution >= 4 is 28.2 Å². The van der Waals surface area contributed by atoms with Crippen molar-refractivity contribution in [2.24, 2.45) is 0 Å². The summed E-state index contributed by atoms with van der Waals surface area (Å²) in [5.41, 5.74) is 1.27. The number of carbonyl (C=O) groups is 2. The van der Waals surface area contributed by atoms with Gasteiger partial charge in [-0.2, -0.15) is 0 Å². The van der Waals surface area contributed by atoms with Crippen LogP contribution in [-0.2, 0) is 9.53 Å². The standard InChI is InChI=1S/C14H17NO3S/c1-5-6-7-8-11(16)15-13-12(14(17)18-4)9(2)10(3)19-13/h5-8H,1-4H3,(H,15,16)/b6-5+,8-7+. The van der Waals surface area contributed by atoms with Gasteiger partial charge >= 0.3 is 5.97 Å². The zero-order valence-corrected chi connectivity index (χ0v) is 12.3. The maximum atomic E-state index is 11.7. The highest BCUT2D eigenvalue weighted by Crippen LogP contribution is 2.32. The lowest BCUT2D eigenvalue weighted by atomic mass is 10.1. The average Bonchev–Trinajstić information content (AvgIpc) is 2.64. The van der Waals surface area contributed by atoms with Crippen LogP contribution in [0.2, 0.25) is 0 Å². The molecular formula is C14H17NO3S. The SMILES string of the molecule is C/C=C/C=C/C(=O)Nc1sc(C)c(C)c1C(=O)OC. The highest BCUT2D eigenvalue weighted by molar-refractivity contribution is 7.16. The lowest BCUT2D eigenvalue weighted by Gasteiger charge is -2.03. The molecule has 5 heteroatoms. The van der Waals surface area contributed by atoms with E-state index < -0.39 is 5.97 Å². The van der Waals surface area contributed by atoms with Gasteiger partial charge in [-0.15, -0.1) is 11.3 Å². The van der Waals surface area contributed by atoms with Crippen LogP contribution < -0.4 is 5.32 Å². The van der Waals surface area contributed by atoms with Gasteiger partial charge in [-0.3, -0.25) is 4.79 Å². The Bertz CT molecular complexity index is 541. The number of anilines is 1. The number of amides is 1. The van der Waals surface area contributed by atoms with Crippen LogP contribution in [0.3, 0.4) is 0 Å². The molecule has 0 saturated heterocycles. The molecule has 0 atom stereocenters. The van der Waals surface area contributed by atoms with E-state index in [0.717, 1.165) is 10.4 Å². The van der Waals surface area contributed by atoms with Gasteiger partial charge in [0.15, 0.2) is 0 Å². The number of nitrogens with one attached hydrogen (secondary N) is 1. The highest BCUT2D eigenvalue weighted by Gasteiger charge is 2.20. The molecule has 0 radical (unpaired) electrons. The smallest absolute Gasteiger partial charge is 0.341 e. The molecule has 1 heterocycles. The number of hydrogen-bond acceptors (Lipinski definition) is 4. The monoisotopic (exact) mass is 279 g/mol. The third-order valence-corrected chi connectivity index (χ3v) is 3.69. The molecule has 1 rings (SSSR count). The van der Waals surface area contributed by atoms with Gasteiger partial charge in [-0.25, -0.2) is 4.79 Å². The Morgan fingerprint density at radius 1 is 1.26 bits per heavy atom. The molecule has 0 aromatic carbocycles. The Morgan fingerprint density at radius 2 is 1.95 bits per heavy atom. The first-order chi connectivity index (χ1) is 9.01. The second kappa shape index (κ2) is 6.89. The van der Waals surface area contributed by atoms with Crippen molar-refractivity contribution in [2.45, 2.75) is 20.8 Å². The summed E-state index contributed by atoms with van der Waals surface area (Å²) >= 11 is 1.37. The Balaban J connectivity index is 2.98. The fraction of sp³-hybridized carbons (Fsp3) is 0.286. The summed E-state index contributed by atoms with van der Waals surface area (Å²) in [5.74, 6) is -0.709. The fourth-order valence-corrected chi connectivity index (χ4v) is 2.52. The van der Waals surface area contributed by atoms with E-state index in [1.807, 2.05) is 26.8 Å². The minimum atomic E-state index is -0.436. The predicted molar refractivity (Wildman–Crippen MR) is 77.7 cm³/mol. The number of carbonyl (C=O) groups excluding carboxylic acids is 2. The van der Waals surface area contributed by atoms with Crippen LogP contribution >= 0.6 is 11.3 Å². The Hall–Kier alpha value is -1.88. The van der Waals surface area contributed by atoms with Crippen molar-refractivity contribution in [1.82, 2.24) is 0 Å². The number of allylic oxidation sites excluding steroid dienone is 3. The van der Waals surface area contributed by atoms with Gasteiger partial charge in [0.05, 0.1) is 12.7 Å². The van der Waals surface area contributed by atoms with Crippen LogP contribution in [0.1, 0.15) is 27.7 Å². The molecule has 4 nitrogen and oxygen atoms in total. The molecule has 0 aliphatic carbocycles. The summed E-state index contributed by atoms with van der Waals surface area (Å²) in [6, 6.07) is 0. The first-order valence-electron chi connectivity index (χ1n) is 5.79. The lowest BCUT2D eigenvalue weighted by Crippen LogP contribution is -2.11. The van der Waals surface area contributed by atoms with Gasteiger partial charge in [-0.1, -0.05) is 18.2 Å². The van der Waals surface area contributed by atoms with Crippen molar-refractivity contribution in [3.63, 3.8) is 0 Å². The van der Waals surface area contributed by atoms with Crippen LogP contribution in [0, 0.1) is 13.8 Å². The first kappa shape index (κ1) is 15.2. The van der Waals surface area contributed by atoms with Crippen LogP contribution in [0.25, 0.3) is 0 Å². The van der Waals surface area contributed by atoms with Gasteiger partial charge < -0.3 is 10.1 Å². The molecule has 1 amide bonds. The third-order valence-electron chi connectivity index (χ3n) is 2.56. The van der Waals surface area contributed by atoms with Gasteiger partial charge in [0.2, 0.25) is 5.91 Å². The Kier molecular flexibility index (Phi) is 5.51. The molecule has 1 N–H and O–H groups in total. The number of hydrogen-bond donors (Lipinski definition) is 1. The Morgan fingerprint density at radius 3 is 2.53 bits per heavy atom. The van der Waals surface area contributed by atoms with E-state index in [0.29, 0.717) is 10.6 Å². The number of esters is 1. The highest BCUT2D eigenvalue weighted by atomic mass is 32.1. The fourth-order valence-electron chi connectivity index (χ4n) is 1.47. The molecule has 0 bridgehead atoms. The summed E-state index contributed by atoms with van der Waals surface area (Å²) in [7, 11) is 1.33. The minimum Gasteiger partial charge on any atom is -0.465 e. The van der Waals surface area contributed by atoms with E-state index in [-0.39, 0.29) is 5.91 Å². The van der Waals surface area contributed by atoms with Crippen LogP contribution in [0.15, 0.2) is 24.3 Å². The second-order valence-corrected chi connectivity index (χ2v) is 5.08. The van der Waals surface area contributed by atoms with Crippen molar-refractivity contribution < 1.29 is 14.3 Å². The zero-order valence-electron chi connectivity index (χ0n) is 11.4. The lowest BCUT2D eigenvalue weighted by molar-refractivity contribution is -0.111. The van der Waals surface area contributed by atoms with Gasteiger partial charge in [0.1, 0.15) is 5.00 Å². The third kappa shape index (κ3) is 3.79. The second-order valence-electron chi connectivity index (χ2n) is 3.85. The normalized spacial score (nSPS) is 11.2. The van der Waals surface area contributed by atoms with E-state index in [1.54, 1.807) is 12.2 Å². The van der Waals surface area contributed by atoms with Crippen molar-refractivity contribution in [1.29, 1.82) is 0 Å². The van der Waals surface area contributed by atoms with E-state index in [1.165, 1.54) is 24.5 Å². The summed E-state index contributed by atoms with van der Waals surface area (Å²) < 4.78 is 4.74. The topological polar surface area (TPSA) is 55.4 Å². The van der Waals surface area contributed by atoms with Gasteiger partial charge in [0.25, 0.3) is 0 Å². The summed E-state index contributed by atoms with van der Waals surface area (Å²) in [5, 5.41) is 3.23. The van der Waals surface area contributed by atoms with E-state index in [4.69, 9.17) is 4.74 Å². The van der Waals surface area contributed by atoms with E-state index in [2.05, 4.69) is 5.32 Å². The molecule has 102 valence electrons. The molecular weight excluding hydrogens is 262 g/mol. The first-order valence-corrected chi connectivity index (χ1v) is 6.61. The van der Waals surface area contributed by atoms with Crippen LogP contribution in [-0.4, -0.2) is 19.0 Å². The molecule has 0 aliphatic heterocycles. The van der Waals surface area contributed by atoms with Crippen molar-refractivity contribution in [2.75, 3.05) is 12.4 Å². The van der Waals surface area contributed by atoms with Gasteiger partial charge in [-0.05, 0) is 26.3 Å². The average molecular weight is 279 g/mol. The molecule has 0 fully saturated rings. The van der Waals surface area contributed by atoms with Crippen molar-refractivity contribution in [3.8, 4) is 0 Å². The van der Waals surface area contributed by atoms with E-state index in [9.17, 15) is 9.59 Å². The summed E-state index contributed by atoms with van der Waals surface area (Å²) in [6.07, 6.45) is 6.63. The molecule has 0 spiro atoms. The Labute approximate surface area is 116 Å². The van der Waals surface area contributed by atoms with Gasteiger partial charge in [0, 0.05) is 11.0 Å². The number of methoxy groups -OCH3 is 1. The molecule has 0 saturated carbocycles. The molecule has 1 aromatic rings. The molecule has 0 aliphatic rings. The zero-order chi connectivity index (χ0) is 14.4. The number of aryl methyl sites for hydroxylation is 1. The molecule has 1 aromatic heterocycles. The maximum Gasteiger partial charge on any atom is 0.341 e.